The normalized spacial score (nSPS) is 26.6. The lowest BCUT2D eigenvalue weighted by atomic mass is 9.92. The second kappa shape index (κ2) is 10.5. The van der Waals surface area contributed by atoms with Gasteiger partial charge < -0.3 is 14.7 Å². The average Bonchev–Trinajstić information content (AvgIpc) is 3.62. The number of aromatic nitrogens is 3. The van der Waals surface area contributed by atoms with E-state index in [-0.39, 0.29) is 34.3 Å². The van der Waals surface area contributed by atoms with Crippen LogP contribution >= 0.6 is 0 Å². The highest BCUT2D eigenvalue weighted by atomic mass is 19.1. The Labute approximate surface area is 256 Å². The molecule has 0 amide bonds. The Balaban J connectivity index is 1.29. The summed E-state index contributed by atoms with van der Waals surface area (Å²) in [5, 5.41) is 12.3. The van der Waals surface area contributed by atoms with Crippen molar-refractivity contribution < 1.29 is 18.6 Å². The summed E-state index contributed by atoms with van der Waals surface area (Å²) in [6, 6.07) is 6.94. The molecule has 2 aromatic carbocycles. The van der Waals surface area contributed by atoms with Crippen LogP contribution in [0, 0.1) is 17.6 Å². The van der Waals surface area contributed by atoms with Gasteiger partial charge in [-0.2, -0.15) is 9.97 Å². The summed E-state index contributed by atoms with van der Waals surface area (Å²) in [4.78, 5) is 19.2. The second-order valence-electron chi connectivity index (χ2n) is 13.6. The van der Waals surface area contributed by atoms with Crippen molar-refractivity contribution in [3.8, 4) is 23.0 Å². The number of phenols is 1. The van der Waals surface area contributed by atoms with E-state index in [0.29, 0.717) is 64.1 Å². The predicted molar refractivity (Wildman–Crippen MR) is 167 cm³/mol. The van der Waals surface area contributed by atoms with Gasteiger partial charge >= 0.3 is 6.01 Å². The number of aromatic hydroxyl groups is 1. The number of nitrogens with zero attached hydrogens (tertiary/aromatic N) is 5. The zero-order valence-corrected chi connectivity index (χ0v) is 25.5. The number of aryl methyl sites for hydroxylation is 1. The molecule has 6 heterocycles. The van der Waals surface area contributed by atoms with Crippen LogP contribution in [0.2, 0.25) is 0 Å². The van der Waals surface area contributed by atoms with E-state index in [1.165, 1.54) is 18.6 Å². The zero-order chi connectivity index (χ0) is 30.2. The van der Waals surface area contributed by atoms with E-state index >= 15 is 4.39 Å². The molecule has 2 unspecified atom stereocenters. The first kappa shape index (κ1) is 27.9. The molecule has 4 aromatic rings. The van der Waals surface area contributed by atoms with Crippen molar-refractivity contribution in [2.45, 2.75) is 89.3 Å². The third-order valence-electron chi connectivity index (χ3n) is 10.8. The molecule has 0 saturated carbocycles. The Morgan fingerprint density at radius 3 is 2.68 bits per heavy atom. The highest BCUT2D eigenvalue weighted by molar-refractivity contribution is 6.01. The molecular formula is C35H39F2N5O2. The van der Waals surface area contributed by atoms with Gasteiger partial charge in [-0.25, -0.2) is 8.78 Å². The number of fused-ring (bicyclic) bond motifs is 5. The number of anilines is 1. The largest absolute Gasteiger partial charge is 0.508 e. The van der Waals surface area contributed by atoms with Gasteiger partial charge in [0.25, 0.3) is 0 Å². The molecule has 4 aliphatic rings. The molecule has 9 heteroatoms. The van der Waals surface area contributed by atoms with Crippen molar-refractivity contribution in [2.24, 2.45) is 5.92 Å². The van der Waals surface area contributed by atoms with Gasteiger partial charge in [-0.3, -0.25) is 9.88 Å². The lowest BCUT2D eigenvalue weighted by Gasteiger charge is -2.36. The summed E-state index contributed by atoms with van der Waals surface area (Å²) in [5.41, 5.74) is 0.956. The number of rotatable bonds is 6. The first-order valence-electron chi connectivity index (χ1n) is 16.3. The Hall–Kier alpha value is -3.59. The molecule has 0 spiro atoms. The lowest BCUT2D eigenvalue weighted by molar-refractivity contribution is 0.107. The Kier molecular flexibility index (Phi) is 6.66. The summed E-state index contributed by atoms with van der Waals surface area (Å²) in [6.45, 7) is 6.79. The third kappa shape index (κ3) is 4.33. The lowest BCUT2D eigenvalue weighted by Crippen LogP contribution is -2.43. The molecule has 2 bridgehead atoms. The zero-order valence-electron chi connectivity index (χ0n) is 25.5. The van der Waals surface area contributed by atoms with Gasteiger partial charge in [-0.1, -0.05) is 19.9 Å². The summed E-state index contributed by atoms with van der Waals surface area (Å²) in [5.74, 6) is 0.281. The number of pyridine rings is 1. The molecule has 8 rings (SSSR count). The first-order chi connectivity index (χ1) is 21.3. The summed E-state index contributed by atoms with van der Waals surface area (Å²) < 4.78 is 38.3. The van der Waals surface area contributed by atoms with Crippen LogP contribution < -0.4 is 9.64 Å². The van der Waals surface area contributed by atoms with Gasteiger partial charge in [0.1, 0.15) is 35.2 Å². The molecule has 2 aromatic heterocycles. The standard InChI is InChI=1S/C35H39F2N5O2/c1-3-25-28(36)11-8-21-14-24(43)15-26(29(21)25)31-30(37)32-27(17-38-31)33(42-22-6-4-7-23(42)10-9-22)40-34(39-32)44-19-35-12-5-13-41(35)18-20(2)16-35/h8,11,14-15,17,20,22-23,43H,3-7,9-10,12-13,16,18-19H2,1-2H3/t20-,22?,23?,35+/m1/s1. The molecule has 4 fully saturated rings. The van der Waals surface area contributed by atoms with E-state index < -0.39 is 5.82 Å². The maximum absolute atomic E-state index is 16.9. The summed E-state index contributed by atoms with van der Waals surface area (Å²) in [7, 11) is 0. The summed E-state index contributed by atoms with van der Waals surface area (Å²) >= 11 is 0. The van der Waals surface area contributed by atoms with Crippen molar-refractivity contribution in [2.75, 3.05) is 24.6 Å². The van der Waals surface area contributed by atoms with Crippen LogP contribution in [0.5, 0.6) is 11.8 Å². The van der Waals surface area contributed by atoms with Crippen molar-refractivity contribution in [3.63, 3.8) is 0 Å². The number of phenolic OH excluding ortho intramolecular Hbond substituents is 1. The Morgan fingerprint density at radius 2 is 1.89 bits per heavy atom. The van der Waals surface area contributed by atoms with Crippen LogP contribution in [-0.4, -0.2) is 62.3 Å². The van der Waals surface area contributed by atoms with Crippen molar-refractivity contribution in [1.82, 2.24) is 19.9 Å². The number of piperidine rings is 1. The fourth-order valence-corrected chi connectivity index (χ4v) is 8.99. The number of hydrogen-bond acceptors (Lipinski definition) is 7. The van der Waals surface area contributed by atoms with E-state index in [4.69, 9.17) is 14.7 Å². The second-order valence-corrected chi connectivity index (χ2v) is 13.6. The van der Waals surface area contributed by atoms with Gasteiger partial charge in [0, 0.05) is 30.4 Å². The topological polar surface area (TPSA) is 74.6 Å². The highest BCUT2D eigenvalue weighted by Gasteiger charge is 2.48. The van der Waals surface area contributed by atoms with Crippen LogP contribution in [0.4, 0.5) is 14.6 Å². The van der Waals surface area contributed by atoms with Crippen molar-refractivity contribution in [1.29, 1.82) is 0 Å². The van der Waals surface area contributed by atoms with Gasteiger partial charge in [0.05, 0.1) is 10.9 Å². The first-order valence-corrected chi connectivity index (χ1v) is 16.3. The third-order valence-corrected chi connectivity index (χ3v) is 10.8. The van der Waals surface area contributed by atoms with E-state index in [2.05, 4.69) is 21.7 Å². The molecule has 0 aliphatic carbocycles. The molecule has 44 heavy (non-hydrogen) atoms. The fourth-order valence-electron chi connectivity index (χ4n) is 8.99. The van der Waals surface area contributed by atoms with Crippen molar-refractivity contribution >= 4 is 27.5 Å². The van der Waals surface area contributed by atoms with Gasteiger partial charge in [0.15, 0.2) is 5.82 Å². The minimum absolute atomic E-state index is 0.0227. The maximum Gasteiger partial charge on any atom is 0.319 e. The van der Waals surface area contributed by atoms with Crippen LogP contribution in [-0.2, 0) is 6.42 Å². The minimum atomic E-state index is -0.617. The van der Waals surface area contributed by atoms with E-state index in [1.54, 1.807) is 18.3 Å². The molecule has 0 radical (unpaired) electrons. The molecule has 4 atom stereocenters. The maximum atomic E-state index is 16.9. The smallest absolute Gasteiger partial charge is 0.319 e. The quantitative estimate of drug-likeness (QED) is 0.252. The SMILES string of the molecule is CCc1c(F)ccc2cc(O)cc(-c3ncc4c(N5C6CCCC5CC6)nc(OC[C@@]56CCCN5C[C@H](C)C6)nc4c3F)c12. The number of halogens is 2. The van der Waals surface area contributed by atoms with Gasteiger partial charge in [-0.15, -0.1) is 0 Å². The van der Waals surface area contributed by atoms with Gasteiger partial charge in [-0.05, 0) is 105 Å². The predicted octanol–water partition coefficient (Wildman–Crippen LogP) is 7.17. The van der Waals surface area contributed by atoms with Crippen molar-refractivity contribution in [3.05, 3.63) is 47.7 Å². The summed E-state index contributed by atoms with van der Waals surface area (Å²) in [6.07, 6.45) is 10.9. The molecule has 4 saturated heterocycles. The molecule has 230 valence electrons. The van der Waals surface area contributed by atoms with E-state index in [0.717, 1.165) is 58.0 Å². The molecular weight excluding hydrogens is 560 g/mol. The number of ether oxygens (including phenoxy) is 1. The Morgan fingerprint density at radius 1 is 1.07 bits per heavy atom. The molecule has 7 nitrogen and oxygen atoms in total. The van der Waals surface area contributed by atoms with Crippen LogP contribution in [0.25, 0.3) is 32.9 Å². The monoisotopic (exact) mass is 599 g/mol. The average molecular weight is 600 g/mol. The number of hydrogen-bond donors (Lipinski definition) is 1. The number of benzene rings is 2. The van der Waals surface area contributed by atoms with Crippen LogP contribution in [0.15, 0.2) is 30.5 Å². The van der Waals surface area contributed by atoms with E-state index in [9.17, 15) is 9.50 Å². The molecule has 1 N–H and O–H groups in total. The minimum Gasteiger partial charge on any atom is -0.508 e. The Bertz CT molecular complexity index is 1770. The van der Waals surface area contributed by atoms with E-state index in [1.807, 2.05) is 6.92 Å². The van der Waals surface area contributed by atoms with Crippen LogP contribution in [0.1, 0.15) is 70.8 Å². The van der Waals surface area contributed by atoms with Crippen LogP contribution in [0.3, 0.4) is 0 Å². The fraction of sp³-hybridized carbons (Fsp3) is 0.514. The highest BCUT2D eigenvalue weighted by Crippen LogP contribution is 2.45. The van der Waals surface area contributed by atoms with Gasteiger partial charge in [0.2, 0.25) is 0 Å². The molecule has 4 aliphatic heterocycles.